The number of methoxy groups -OCH3 is 1. The number of ether oxygens (including phenoxy) is 1. The SMILES string of the molecule is CNCc1ncc(Cl)cc1OC. The number of rotatable bonds is 3. The lowest BCUT2D eigenvalue weighted by atomic mass is 10.3. The van der Waals surface area contributed by atoms with Gasteiger partial charge in [-0.25, -0.2) is 0 Å². The summed E-state index contributed by atoms with van der Waals surface area (Å²) in [6.45, 7) is 0.681. The van der Waals surface area contributed by atoms with E-state index < -0.39 is 0 Å². The van der Waals surface area contributed by atoms with Crippen LogP contribution in [0.2, 0.25) is 5.02 Å². The van der Waals surface area contributed by atoms with E-state index in [0.717, 1.165) is 11.4 Å². The Morgan fingerprint density at radius 2 is 2.42 bits per heavy atom. The van der Waals surface area contributed by atoms with Gasteiger partial charge in [-0.1, -0.05) is 11.6 Å². The van der Waals surface area contributed by atoms with E-state index in [0.29, 0.717) is 11.6 Å². The van der Waals surface area contributed by atoms with Crippen molar-refractivity contribution in [1.82, 2.24) is 10.3 Å². The molecule has 0 aliphatic rings. The zero-order valence-corrected chi connectivity index (χ0v) is 7.85. The van der Waals surface area contributed by atoms with Crippen molar-refractivity contribution < 1.29 is 4.74 Å². The van der Waals surface area contributed by atoms with Gasteiger partial charge in [0.25, 0.3) is 0 Å². The van der Waals surface area contributed by atoms with Crippen LogP contribution in [0.1, 0.15) is 5.69 Å². The highest BCUT2D eigenvalue weighted by molar-refractivity contribution is 6.30. The number of halogens is 1. The summed E-state index contributed by atoms with van der Waals surface area (Å²) in [5.41, 5.74) is 0.865. The zero-order chi connectivity index (χ0) is 8.97. The molecule has 0 fully saturated rings. The highest BCUT2D eigenvalue weighted by atomic mass is 35.5. The van der Waals surface area contributed by atoms with Crippen molar-refractivity contribution in [2.24, 2.45) is 0 Å². The summed E-state index contributed by atoms with van der Waals surface area (Å²) >= 11 is 5.73. The van der Waals surface area contributed by atoms with Gasteiger partial charge in [-0.15, -0.1) is 0 Å². The molecule has 0 amide bonds. The topological polar surface area (TPSA) is 34.2 Å². The molecule has 0 unspecified atom stereocenters. The fourth-order valence-corrected chi connectivity index (χ4v) is 1.07. The van der Waals surface area contributed by atoms with Crippen LogP contribution in [0.5, 0.6) is 5.75 Å². The van der Waals surface area contributed by atoms with E-state index in [2.05, 4.69) is 10.3 Å². The summed E-state index contributed by atoms with van der Waals surface area (Å²) < 4.78 is 5.09. The molecular formula is C8H11ClN2O. The van der Waals surface area contributed by atoms with Gasteiger partial charge in [-0.2, -0.15) is 0 Å². The van der Waals surface area contributed by atoms with Gasteiger partial charge in [-0.05, 0) is 7.05 Å². The maximum atomic E-state index is 5.73. The quantitative estimate of drug-likeness (QED) is 0.776. The number of hydrogen-bond donors (Lipinski definition) is 1. The maximum absolute atomic E-state index is 5.73. The number of nitrogens with zero attached hydrogens (tertiary/aromatic N) is 1. The first kappa shape index (κ1) is 9.29. The van der Waals surface area contributed by atoms with E-state index in [9.17, 15) is 0 Å². The van der Waals surface area contributed by atoms with E-state index in [1.54, 1.807) is 19.4 Å². The lowest BCUT2D eigenvalue weighted by Crippen LogP contribution is -2.08. The van der Waals surface area contributed by atoms with E-state index in [4.69, 9.17) is 16.3 Å². The van der Waals surface area contributed by atoms with E-state index in [-0.39, 0.29) is 0 Å². The second-order valence-electron chi connectivity index (χ2n) is 2.33. The minimum atomic E-state index is 0.590. The molecule has 12 heavy (non-hydrogen) atoms. The van der Waals surface area contributed by atoms with Crippen LogP contribution in [0.25, 0.3) is 0 Å². The fourth-order valence-electron chi connectivity index (χ4n) is 0.926. The van der Waals surface area contributed by atoms with Crippen molar-refractivity contribution in [1.29, 1.82) is 0 Å². The van der Waals surface area contributed by atoms with Crippen molar-refractivity contribution in [3.05, 3.63) is 23.0 Å². The largest absolute Gasteiger partial charge is 0.495 e. The lowest BCUT2D eigenvalue weighted by Gasteiger charge is -2.06. The van der Waals surface area contributed by atoms with Crippen molar-refractivity contribution >= 4 is 11.6 Å². The normalized spacial score (nSPS) is 9.92. The number of nitrogens with one attached hydrogen (secondary N) is 1. The van der Waals surface area contributed by atoms with Crippen LogP contribution in [0.3, 0.4) is 0 Å². The highest BCUT2D eigenvalue weighted by Crippen LogP contribution is 2.19. The van der Waals surface area contributed by atoms with E-state index in [1.807, 2.05) is 7.05 Å². The monoisotopic (exact) mass is 186 g/mol. The summed E-state index contributed by atoms with van der Waals surface area (Å²) in [5.74, 6) is 0.719. The van der Waals surface area contributed by atoms with Crippen LogP contribution in [0.4, 0.5) is 0 Å². The van der Waals surface area contributed by atoms with Gasteiger partial charge in [0.05, 0.1) is 17.8 Å². The first-order chi connectivity index (χ1) is 5.77. The van der Waals surface area contributed by atoms with Gasteiger partial charge in [0.2, 0.25) is 0 Å². The first-order valence-electron chi connectivity index (χ1n) is 3.61. The average molecular weight is 187 g/mol. The Hall–Kier alpha value is -0.800. The van der Waals surface area contributed by atoms with Crippen LogP contribution < -0.4 is 10.1 Å². The summed E-state index contributed by atoms with van der Waals surface area (Å²) in [6.07, 6.45) is 1.61. The molecule has 1 N–H and O–H groups in total. The highest BCUT2D eigenvalue weighted by Gasteiger charge is 2.03. The minimum absolute atomic E-state index is 0.590. The van der Waals surface area contributed by atoms with Crippen molar-refractivity contribution in [2.45, 2.75) is 6.54 Å². The van der Waals surface area contributed by atoms with Gasteiger partial charge < -0.3 is 10.1 Å². The van der Waals surface area contributed by atoms with Crippen LogP contribution in [0.15, 0.2) is 12.3 Å². The molecule has 4 heteroatoms. The fraction of sp³-hybridized carbons (Fsp3) is 0.375. The summed E-state index contributed by atoms with van der Waals surface area (Å²) in [7, 11) is 3.46. The Bertz CT molecular complexity index is 265. The molecule has 0 radical (unpaired) electrons. The molecule has 0 atom stereocenters. The molecule has 0 aliphatic heterocycles. The molecule has 1 aromatic heterocycles. The number of aromatic nitrogens is 1. The van der Waals surface area contributed by atoms with E-state index >= 15 is 0 Å². The van der Waals surface area contributed by atoms with Crippen LogP contribution in [-0.2, 0) is 6.54 Å². The molecule has 3 nitrogen and oxygen atoms in total. The Balaban J connectivity index is 2.94. The van der Waals surface area contributed by atoms with Crippen molar-refractivity contribution in [3.63, 3.8) is 0 Å². The van der Waals surface area contributed by atoms with Crippen molar-refractivity contribution in [2.75, 3.05) is 14.2 Å². The van der Waals surface area contributed by atoms with Crippen LogP contribution in [0, 0.1) is 0 Å². The minimum Gasteiger partial charge on any atom is -0.495 e. The second-order valence-corrected chi connectivity index (χ2v) is 2.77. The molecule has 1 rings (SSSR count). The average Bonchev–Trinajstić information content (AvgIpc) is 2.08. The van der Waals surface area contributed by atoms with Gasteiger partial charge >= 0.3 is 0 Å². The molecule has 0 saturated heterocycles. The van der Waals surface area contributed by atoms with Crippen LogP contribution >= 0.6 is 11.6 Å². The third-order valence-electron chi connectivity index (χ3n) is 1.46. The third-order valence-corrected chi connectivity index (χ3v) is 1.67. The molecule has 0 aromatic carbocycles. The molecule has 0 bridgehead atoms. The zero-order valence-electron chi connectivity index (χ0n) is 7.10. The van der Waals surface area contributed by atoms with Gasteiger partial charge in [0.15, 0.2) is 0 Å². The molecule has 0 spiro atoms. The Morgan fingerprint density at radius 3 is 3.00 bits per heavy atom. The molecule has 1 heterocycles. The number of hydrogen-bond acceptors (Lipinski definition) is 3. The molecule has 0 aliphatic carbocycles. The van der Waals surface area contributed by atoms with Gasteiger partial charge in [0.1, 0.15) is 5.75 Å². The van der Waals surface area contributed by atoms with E-state index in [1.165, 1.54) is 0 Å². The first-order valence-corrected chi connectivity index (χ1v) is 3.98. The molecule has 1 aromatic rings. The van der Waals surface area contributed by atoms with Gasteiger partial charge in [-0.3, -0.25) is 4.98 Å². The lowest BCUT2D eigenvalue weighted by molar-refractivity contribution is 0.405. The standard InChI is InChI=1S/C8H11ClN2O/c1-10-5-7-8(12-2)3-6(9)4-11-7/h3-4,10H,5H2,1-2H3. The predicted octanol–water partition coefficient (Wildman–Crippen LogP) is 1.46. The summed E-state index contributed by atoms with van der Waals surface area (Å²) in [5, 5.41) is 3.58. The third kappa shape index (κ3) is 2.09. The summed E-state index contributed by atoms with van der Waals surface area (Å²) in [4.78, 5) is 4.12. The Labute approximate surface area is 76.7 Å². The number of pyridine rings is 1. The predicted molar refractivity (Wildman–Crippen MR) is 48.6 cm³/mol. The smallest absolute Gasteiger partial charge is 0.143 e. The van der Waals surface area contributed by atoms with Crippen molar-refractivity contribution in [3.8, 4) is 5.75 Å². The summed E-state index contributed by atoms with van der Waals surface area (Å²) in [6, 6.07) is 1.75. The molecular weight excluding hydrogens is 176 g/mol. The molecule has 66 valence electrons. The maximum Gasteiger partial charge on any atom is 0.143 e. The second kappa shape index (κ2) is 4.28. The Morgan fingerprint density at radius 1 is 1.67 bits per heavy atom. The van der Waals surface area contributed by atoms with Gasteiger partial charge in [0, 0.05) is 18.8 Å². The van der Waals surface area contributed by atoms with Crippen LogP contribution in [-0.4, -0.2) is 19.1 Å². The Kier molecular flexibility index (Phi) is 3.31. The molecule has 0 saturated carbocycles.